The highest BCUT2D eigenvalue weighted by molar-refractivity contribution is 6.35. The molecule has 4 heterocycles. The Morgan fingerprint density at radius 1 is 1.13 bits per heavy atom. The van der Waals surface area contributed by atoms with Crippen molar-refractivity contribution in [1.82, 2.24) is 34.5 Å². The fraction of sp³-hybridized carbons (Fsp3) is 0.143. The predicted octanol–water partition coefficient (Wildman–Crippen LogP) is 3.58. The SMILES string of the molecule is Cc1ncccc1-n1c([C@H](C)Nc2ncnc3nc[nH]c23)nc2cccc(Cl)c2c1=O. The van der Waals surface area contributed by atoms with E-state index in [1.165, 1.54) is 6.33 Å². The third-order valence-electron chi connectivity index (χ3n) is 5.06. The van der Waals surface area contributed by atoms with E-state index in [4.69, 9.17) is 16.6 Å². The van der Waals surface area contributed by atoms with Crippen LogP contribution in [0.15, 0.2) is 54.0 Å². The van der Waals surface area contributed by atoms with Gasteiger partial charge in [-0.2, -0.15) is 0 Å². The van der Waals surface area contributed by atoms with Crippen molar-refractivity contribution in [2.45, 2.75) is 19.9 Å². The molecule has 0 aliphatic carbocycles. The summed E-state index contributed by atoms with van der Waals surface area (Å²) in [6.45, 7) is 3.75. The number of pyridine rings is 1. The maximum absolute atomic E-state index is 13.6. The number of aromatic nitrogens is 7. The second kappa shape index (κ2) is 7.44. The molecular formula is C21H17ClN8O. The monoisotopic (exact) mass is 432 g/mol. The van der Waals surface area contributed by atoms with Gasteiger partial charge in [0.15, 0.2) is 11.5 Å². The first kappa shape index (κ1) is 19.1. The van der Waals surface area contributed by atoms with Crippen LogP contribution in [0.5, 0.6) is 0 Å². The van der Waals surface area contributed by atoms with Crippen LogP contribution >= 0.6 is 11.6 Å². The molecule has 10 heteroatoms. The zero-order chi connectivity index (χ0) is 21.5. The van der Waals surface area contributed by atoms with Crippen molar-refractivity contribution in [3.05, 3.63) is 76.1 Å². The van der Waals surface area contributed by atoms with E-state index in [0.29, 0.717) is 50.1 Å². The Bertz CT molecular complexity index is 1490. The third-order valence-corrected chi connectivity index (χ3v) is 5.37. The van der Waals surface area contributed by atoms with Crippen LogP contribution in [0.1, 0.15) is 24.5 Å². The van der Waals surface area contributed by atoms with Gasteiger partial charge in [-0.25, -0.2) is 19.9 Å². The van der Waals surface area contributed by atoms with E-state index in [9.17, 15) is 4.79 Å². The maximum atomic E-state index is 13.6. The van der Waals surface area contributed by atoms with Crippen LogP contribution in [0.25, 0.3) is 27.8 Å². The summed E-state index contributed by atoms with van der Waals surface area (Å²) in [6, 6.07) is 8.46. The lowest BCUT2D eigenvalue weighted by atomic mass is 10.2. The zero-order valence-electron chi connectivity index (χ0n) is 16.7. The van der Waals surface area contributed by atoms with Gasteiger partial charge in [0.2, 0.25) is 0 Å². The zero-order valence-corrected chi connectivity index (χ0v) is 17.4. The van der Waals surface area contributed by atoms with Gasteiger partial charge in [-0.05, 0) is 38.1 Å². The van der Waals surface area contributed by atoms with Crippen molar-refractivity contribution in [3.63, 3.8) is 0 Å². The Morgan fingerprint density at radius 2 is 2.00 bits per heavy atom. The fourth-order valence-electron chi connectivity index (χ4n) is 3.59. The molecular weight excluding hydrogens is 416 g/mol. The fourth-order valence-corrected chi connectivity index (χ4v) is 3.84. The number of benzene rings is 1. The minimum absolute atomic E-state index is 0.260. The highest BCUT2D eigenvalue weighted by Crippen LogP contribution is 2.26. The van der Waals surface area contributed by atoms with Crippen LogP contribution in [-0.2, 0) is 0 Å². The number of halogens is 1. The molecule has 4 aromatic heterocycles. The first-order valence-corrected chi connectivity index (χ1v) is 9.96. The number of rotatable bonds is 4. The van der Waals surface area contributed by atoms with Gasteiger partial charge < -0.3 is 10.3 Å². The van der Waals surface area contributed by atoms with Crippen LogP contribution in [0, 0.1) is 6.92 Å². The number of nitrogens with zero attached hydrogens (tertiary/aromatic N) is 6. The van der Waals surface area contributed by atoms with Gasteiger partial charge in [-0.15, -0.1) is 0 Å². The number of hydrogen-bond acceptors (Lipinski definition) is 7. The standard InChI is InChI=1S/C21H17ClN8O/c1-11-15(7-4-8-23-11)30-20(29-14-6-3-5-13(22)16(14)21(30)31)12(2)28-19-17-18(25-9-24-17)26-10-27-19/h3-10,12H,1-2H3,(H2,24,25,26,27,28)/t12-/m0/s1. The molecule has 0 saturated carbocycles. The molecule has 0 unspecified atom stereocenters. The topological polar surface area (TPSA) is 114 Å². The van der Waals surface area contributed by atoms with E-state index in [-0.39, 0.29) is 5.56 Å². The molecule has 31 heavy (non-hydrogen) atoms. The van der Waals surface area contributed by atoms with Gasteiger partial charge in [0.1, 0.15) is 17.7 Å². The van der Waals surface area contributed by atoms with Crippen molar-refractivity contribution < 1.29 is 0 Å². The van der Waals surface area contributed by atoms with Crippen LogP contribution in [0.2, 0.25) is 5.02 Å². The first-order valence-electron chi connectivity index (χ1n) is 9.58. The van der Waals surface area contributed by atoms with E-state index in [0.717, 1.165) is 0 Å². The summed E-state index contributed by atoms with van der Waals surface area (Å²) in [5.41, 5.74) is 2.82. The van der Waals surface area contributed by atoms with E-state index < -0.39 is 6.04 Å². The number of H-pyrrole nitrogens is 1. The second-order valence-corrected chi connectivity index (χ2v) is 7.45. The van der Waals surface area contributed by atoms with Gasteiger partial charge >= 0.3 is 0 Å². The Labute approximate surface area is 181 Å². The van der Waals surface area contributed by atoms with Crippen molar-refractivity contribution in [3.8, 4) is 5.69 Å². The average Bonchev–Trinajstić information content (AvgIpc) is 3.24. The Balaban J connectivity index is 1.74. The molecule has 5 rings (SSSR count). The van der Waals surface area contributed by atoms with Crippen molar-refractivity contribution in [2.75, 3.05) is 5.32 Å². The molecule has 2 N–H and O–H groups in total. The third kappa shape index (κ3) is 3.19. The number of nitrogens with one attached hydrogen (secondary N) is 2. The predicted molar refractivity (Wildman–Crippen MR) is 119 cm³/mol. The Kier molecular flexibility index (Phi) is 4.59. The summed E-state index contributed by atoms with van der Waals surface area (Å²) >= 11 is 6.36. The maximum Gasteiger partial charge on any atom is 0.267 e. The van der Waals surface area contributed by atoms with Crippen molar-refractivity contribution in [1.29, 1.82) is 0 Å². The molecule has 5 aromatic rings. The summed E-state index contributed by atoms with van der Waals surface area (Å²) in [7, 11) is 0. The molecule has 0 saturated heterocycles. The molecule has 0 radical (unpaired) electrons. The minimum Gasteiger partial charge on any atom is -0.358 e. The summed E-state index contributed by atoms with van der Waals surface area (Å²) < 4.78 is 1.56. The van der Waals surface area contributed by atoms with E-state index in [1.54, 1.807) is 41.4 Å². The van der Waals surface area contributed by atoms with Crippen molar-refractivity contribution >= 4 is 39.5 Å². The summed E-state index contributed by atoms with van der Waals surface area (Å²) in [6.07, 6.45) is 4.67. The molecule has 0 spiro atoms. The molecule has 1 aromatic carbocycles. The number of anilines is 1. The molecule has 0 bridgehead atoms. The smallest absolute Gasteiger partial charge is 0.267 e. The minimum atomic E-state index is -0.392. The lowest BCUT2D eigenvalue weighted by Gasteiger charge is -2.21. The molecule has 1 atom stereocenters. The average molecular weight is 433 g/mol. The van der Waals surface area contributed by atoms with Gasteiger partial charge in [0.25, 0.3) is 5.56 Å². The first-order chi connectivity index (χ1) is 15.0. The number of aryl methyl sites for hydroxylation is 1. The Morgan fingerprint density at radius 3 is 2.84 bits per heavy atom. The van der Waals surface area contributed by atoms with Crippen LogP contribution in [0.3, 0.4) is 0 Å². The van der Waals surface area contributed by atoms with Crippen LogP contribution in [-0.4, -0.2) is 34.5 Å². The van der Waals surface area contributed by atoms with E-state index >= 15 is 0 Å². The lowest BCUT2D eigenvalue weighted by Crippen LogP contribution is -2.28. The second-order valence-electron chi connectivity index (χ2n) is 7.04. The Hall–Kier alpha value is -3.85. The normalized spacial score (nSPS) is 12.4. The number of imidazole rings is 1. The number of hydrogen-bond donors (Lipinski definition) is 2. The molecule has 9 nitrogen and oxygen atoms in total. The van der Waals surface area contributed by atoms with Gasteiger partial charge in [-0.3, -0.25) is 14.3 Å². The van der Waals surface area contributed by atoms with E-state index in [2.05, 4.69) is 30.2 Å². The number of aromatic amines is 1. The highest BCUT2D eigenvalue weighted by atomic mass is 35.5. The van der Waals surface area contributed by atoms with Gasteiger partial charge in [-0.1, -0.05) is 17.7 Å². The highest BCUT2D eigenvalue weighted by Gasteiger charge is 2.21. The largest absolute Gasteiger partial charge is 0.358 e. The van der Waals surface area contributed by atoms with Gasteiger partial charge in [0.05, 0.1) is 39.7 Å². The summed E-state index contributed by atoms with van der Waals surface area (Å²) in [4.78, 5) is 38.4. The van der Waals surface area contributed by atoms with Crippen LogP contribution in [0.4, 0.5) is 5.82 Å². The molecule has 0 aliphatic rings. The van der Waals surface area contributed by atoms with Crippen molar-refractivity contribution in [2.24, 2.45) is 0 Å². The summed E-state index contributed by atoms with van der Waals surface area (Å²) in [5, 5.41) is 4.04. The molecule has 0 amide bonds. The number of fused-ring (bicyclic) bond motifs is 2. The molecule has 0 fully saturated rings. The summed E-state index contributed by atoms with van der Waals surface area (Å²) in [5.74, 6) is 1.06. The van der Waals surface area contributed by atoms with E-state index in [1.807, 2.05) is 19.9 Å². The van der Waals surface area contributed by atoms with Crippen LogP contribution < -0.4 is 10.9 Å². The lowest BCUT2D eigenvalue weighted by molar-refractivity contribution is 0.727. The quantitative estimate of drug-likeness (QED) is 0.446. The molecule has 0 aliphatic heterocycles. The van der Waals surface area contributed by atoms with Gasteiger partial charge in [0, 0.05) is 6.20 Å². The molecule has 154 valence electrons.